The number of rotatable bonds is 10. The second-order valence-electron chi connectivity index (χ2n) is 14.1. The summed E-state index contributed by atoms with van der Waals surface area (Å²) in [5.74, 6) is 1.41. The molecule has 2 N–H and O–H groups in total. The Balaban J connectivity index is 1.23. The van der Waals surface area contributed by atoms with Crippen LogP contribution in [-0.2, 0) is 9.47 Å². The Bertz CT molecular complexity index is 1290. The summed E-state index contributed by atoms with van der Waals surface area (Å²) in [6.07, 6.45) is 6.46. The third-order valence-electron chi connectivity index (χ3n) is 7.59. The van der Waals surface area contributed by atoms with Gasteiger partial charge in [-0.1, -0.05) is 49.9 Å². The number of carbonyl (C=O) groups is 2. The number of anilines is 2. The molecule has 0 spiro atoms. The lowest BCUT2D eigenvalue weighted by molar-refractivity contribution is 0.0495. The SMILES string of the molecule is CC1(CNC(=O)OC(C)(C)C)CCN(c2cnc(Sc3ccnc(NC4CN(C(=O)OCC[Si](C)(C)C)C4)c3Cl)cn2)CC1. The van der Waals surface area contributed by atoms with E-state index in [9.17, 15) is 9.59 Å². The topological polar surface area (TPSA) is 122 Å². The first-order chi connectivity index (χ1) is 20.6. The first-order valence-electron chi connectivity index (χ1n) is 15.1. The highest BCUT2D eigenvalue weighted by Crippen LogP contribution is 2.37. The molecule has 44 heavy (non-hydrogen) atoms. The van der Waals surface area contributed by atoms with Gasteiger partial charge < -0.3 is 29.9 Å². The molecule has 0 radical (unpaired) electrons. The molecule has 0 unspecified atom stereocenters. The highest BCUT2D eigenvalue weighted by Gasteiger charge is 2.33. The Morgan fingerprint density at radius 2 is 1.84 bits per heavy atom. The van der Waals surface area contributed by atoms with E-state index in [2.05, 4.69) is 57.1 Å². The van der Waals surface area contributed by atoms with Crippen molar-refractivity contribution in [3.63, 3.8) is 0 Å². The van der Waals surface area contributed by atoms with Gasteiger partial charge in [0.15, 0.2) is 0 Å². The number of hydrogen-bond acceptors (Lipinski definition) is 10. The third-order valence-corrected chi connectivity index (χ3v) is 10.8. The monoisotopic (exact) mass is 663 g/mol. The lowest BCUT2D eigenvalue weighted by Gasteiger charge is -2.40. The summed E-state index contributed by atoms with van der Waals surface area (Å²) in [7, 11) is -1.24. The maximum atomic E-state index is 12.3. The minimum absolute atomic E-state index is 0.00507. The van der Waals surface area contributed by atoms with Gasteiger partial charge in [0.1, 0.15) is 22.3 Å². The number of pyridine rings is 1. The van der Waals surface area contributed by atoms with Crippen LogP contribution in [0.15, 0.2) is 34.6 Å². The van der Waals surface area contributed by atoms with Crippen molar-refractivity contribution < 1.29 is 19.1 Å². The lowest BCUT2D eigenvalue weighted by atomic mass is 9.80. The minimum Gasteiger partial charge on any atom is -0.450 e. The van der Waals surface area contributed by atoms with Crippen LogP contribution in [0, 0.1) is 5.41 Å². The molecule has 0 aliphatic carbocycles. The van der Waals surface area contributed by atoms with Crippen molar-refractivity contribution >= 4 is 55.3 Å². The maximum absolute atomic E-state index is 12.3. The molecule has 0 saturated carbocycles. The number of likely N-dealkylation sites (tertiary alicyclic amines) is 1. The van der Waals surface area contributed by atoms with Gasteiger partial charge in [-0.25, -0.2) is 24.5 Å². The van der Waals surface area contributed by atoms with E-state index in [0.29, 0.717) is 37.1 Å². The molecule has 2 aliphatic rings. The molecule has 2 saturated heterocycles. The van der Waals surface area contributed by atoms with Crippen LogP contribution < -0.4 is 15.5 Å². The standard InChI is InChI=1S/C30H46ClN7O4SSi/c1-29(2,3)42-27(39)35-20-30(4)9-12-37(13-10-30)23-16-34-24(17-33-23)43-22-8-11-32-26(25(22)31)36-21-18-38(19-21)28(40)41-14-15-44(5,6)7/h8,11,16-17,21H,9-10,12-15,18-20H2,1-7H3,(H,32,36)(H,35,39). The number of aromatic nitrogens is 3. The highest BCUT2D eigenvalue weighted by molar-refractivity contribution is 7.99. The summed E-state index contributed by atoms with van der Waals surface area (Å²) in [5, 5.41) is 7.51. The van der Waals surface area contributed by atoms with Gasteiger partial charge >= 0.3 is 12.2 Å². The van der Waals surface area contributed by atoms with Crippen molar-refractivity contribution in [3.8, 4) is 0 Å². The normalized spacial score (nSPS) is 17.1. The van der Waals surface area contributed by atoms with E-state index >= 15 is 0 Å². The molecule has 14 heteroatoms. The van der Waals surface area contributed by atoms with Gasteiger partial charge in [-0.3, -0.25) is 0 Å². The van der Waals surface area contributed by atoms with Gasteiger partial charge in [0, 0.05) is 51.9 Å². The first kappa shape index (κ1) is 34.1. The van der Waals surface area contributed by atoms with Gasteiger partial charge in [-0.2, -0.15) is 0 Å². The van der Waals surface area contributed by atoms with Gasteiger partial charge in [-0.05, 0) is 51.1 Å². The Kier molecular flexibility index (Phi) is 10.9. The third kappa shape index (κ3) is 10.1. The summed E-state index contributed by atoms with van der Waals surface area (Å²) in [4.78, 5) is 42.8. The number of amides is 2. The second-order valence-corrected chi connectivity index (χ2v) is 21.2. The van der Waals surface area contributed by atoms with Crippen LogP contribution in [0.5, 0.6) is 0 Å². The van der Waals surface area contributed by atoms with Gasteiger partial charge in [0.2, 0.25) is 0 Å². The summed E-state index contributed by atoms with van der Waals surface area (Å²) < 4.78 is 10.8. The number of nitrogens with zero attached hydrogens (tertiary/aromatic N) is 5. The van der Waals surface area contributed by atoms with Crippen molar-refractivity contribution in [1.29, 1.82) is 0 Å². The van der Waals surface area contributed by atoms with Crippen LogP contribution in [0.3, 0.4) is 0 Å². The molecule has 11 nitrogen and oxygen atoms in total. The van der Waals surface area contributed by atoms with E-state index in [1.807, 2.05) is 26.8 Å². The summed E-state index contributed by atoms with van der Waals surface area (Å²) in [5.41, 5.74) is -0.516. The number of halogens is 1. The highest BCUT2D eigenvalue weighted by atomic mass is 35.5. The maximum Gasteiger partial charge on any atom is 0.409 e. The molecular formula is C30H46ClN7O4SSi. The predicted molar refractivity (Wildman–Crippen MR) is 178 cm³/mol. The lowest BCUT2D eigenvalue weighted by Crippen LogP contribution is -2.57. The molecule has 0 bridgehead atoms. The summed E-state index contributed by atoms with van der Waals surface area (Å²) >= 11 is 8.14. The van der Waals surface area contributed by atoms with Crippen molar-refractivity contribution in [2.24, 2.45) is 5.41 Å². The quantitative estimate of drug-likeness (QED) is 0.277. The smallest absolute Gasteiger partial charge is 0.409 e. The number of alkyl carbamates (subject to hydrolysis) is 1. The minimum atomic E-state index is -1.24. The average Bonchev–Trinajstić information content (AvgIpc) is 2.90. The molecule has 0 aromatic carbocycles. The van der Waals surface area contributed by atoms with Gasteiger partial charge in [0.05, 0.1) is 30.1 Å². The Morgan fingerprint density at radius 3 is 2.45 bits per heavy atom. The van der Waals surface area contributed by atoms with E-state index in [4.69, 9.17) is 21.1 Å². The fourth-order valence-electron chi connectivity index (χ4n) is 4.74. The Hall–Kier alpha value is -2.77. The van der Waals surface area contributed by atoms with E-state index in [1.165, 1.54) is 11.8 Å². The molecular weight excluding hydrogens is 618 g/mol. The zero-order valence-electron chi connectivity index (χ0n) is 26.9. The Labute approximate surface area is 271 Å². The molecule has 2 amide bonds. The zero-order valence-corrected chi connectivity index (χ0v) is 29.5. The molecule has 0 atom stereocenters. The molecule has 2 aromatic rings. The fourth-order valence-corrected chi connectivity index (χ4v) is 6.49. The van der Waals surface area contributed by atoms with E-state index in [-0.39, 0.29) is 23.6 Å². The van der Waals surface area contributed by atoms with Crippen molar-refractivity contribution in [2.75, 3.05) is 49.5 Å². The van der Waals surface area contributed by atoms with Crippen molar-refractivity contribution in [1.82, 2.24) is 25.2 Å². The van der Waals surface area contributed by atoms with E-state index in [1.54, 1.807) is 23.5 Å². The number of piperidine rings is 1. The molecule has 2 aliphatic heterocycles. The van der Waals surface area contributed by atoms with Crippen LogP contribution in [0.25, 0.3) is 0 Å². The number of carbonyl (C=O) groups excluding carboxylic acids is 2. The number of nitrogens with one attached hydrogen (secondary N) is 2. The number of ether oxygens (including phenoxy) is 2. The van der Waals surface area contributed by atoms with Crippen LogP contribution in [-0.4, -0.2) is 91.1 Å². The van der Waals surface area contributed by atoms with Crippen LogP contribution in [0.4, 0.5) is 21.2 Å². The van der Waals surface area contributed by atoms with Crippen LogP contribution in [0.2, 0.25) is 30.7 Å². The first-order valence-corrected chi connectivity index (χ1v) is 20.0. The van der Waals surface area contributed by atoms with E-state index in [0.717, 1.165) is 47.7 Å². The molecule has 4 heterocycles. The van der Waals surface area contributed by atoms with Gasteiger partial charge in [0.25, 0.3) is 0 Å². The predicted octanol–water partition coefficient (Wildman–Crippen LogP) is 6.38. The number of hydrogen-bond donors (Lipinski definition) is 2. The largest absolute Gasteiger partial charge is 0.450 e. The van der Waals surface area contributed by atoms with Crippen LogP contribution in [0.1, 0.15) is 40.5 Å². The zero-order chi connectivity index (χ0) is 32.1. The Morgan fingerprint density at radius 1 is 1.14 bits per heavy atom. The molecule has 4 rings (SSSR count). The molecule has 2 aromatic heterocycles. The van der Waals surface area contributed by atoms with Crippen LogP contribution >= 0.6 is 23.4 Å². The van der Waals surface area contributed by atoms with Crippen molar-refractivity contribution in [2.45, 2.75) is 87.8 Å². The summed E-state index contributed by atoms with van der Waals surface area (Å²) in [6.45, 7) is 18.4. The fraction of sp³-hybridized carbons (Fsp3) is 0.633. The average molecular weight is 664 g/mol. The van der Waals surface area contributed by atoms with Crippen molar-refractivity contribution in [3.05, 3.63) is 29.7 Å². The van der Waals surface area contributed by atoms with E-state index < -0.39 is 13.7 Å². The summed E-state index contributed by atoms with van der Waals surface area (Å²) in [6, 6.07) is 2.87. The molecule has 242 valence electrons. The molecule has 2 fully saturated rings. The second kappa shape index (κ2) is 14.1. The van der Waals surface area contributed by atoms with Gasteiger partial charge in [-0.15, -0.1) is 0 Å².